The minimum atomic E-state index is 0.288. The average molecular weight is 300 g/mol. The van der Waals surface area contributed by atoms with Gasteiger partial charge in [0.15, 0.2) is 0 Å². The van der Waals surface area contributed by atoms with Crippen molar-refractivity contribution in [3.63, 3.8) is 0 Å². The average Bonchev–Trinajstić information content (AvgIpc) is 2.80. The van der Waals surface area contributed by atoms with Gasteiger partial charge in [0.2, 0.25) is 5.28 Å². The molecule has 1 N–H and O–H groups in total. The first-order valence-corrected chi connectivity index (χ1v) is 7.69. The van der Waals surface area contributed by atoms with Crippen molar-refractivity contribution >= 4 is 39.0 Å². The van der Waals surface area contributed by atoms with Gasteiger partial charge in [0, 0.05) is 13.2 Å². The van der Waals surface area contributed by atoms with Crippen molar-refractivity contribution in [2.45, 2.75) is 32.8 Å². The summed E-state index contributed by atoms with van der Waals surface area (Å²) in [6.07, 6.45) is 2.39. The molecule has 19 heavy (non-hydrogen) atoms. The molecule has 0 bridgehead atoms. The maximum Gasteiger partial charge on any atom is 0.224 e. The van der Waals surface area contributed by atoms with Crippen molar-refractivity contribution in [2.75, 3.05) is 18.5 Å². The van der Waals surface area contributed by atoms with Gasteiger partial charge in [-0.2, -0.15) is 4.98 Å². The lowest BCUT2D eigenvalue weighted by Gasteiger charge is -2.08. The van der Waals surface area contributed by atoms with Crippen molar-refractivity contribution in [3.05, 3.63) is 16.7 Å². The Hall–Kier alpha value is -0.910. The molecular weight excluding hydrogens is 282 g/mol. The number of ether oxygens (including phenoxy) is 1. The number of thiophene rings is 1. The number of halogens is 1. The van der Waals surface area contributed by atoms with E-state index in [9.17, 15) is 0 Å². The highest BCUT2D eigenvalue weighted by atomic mass is 35.5. The molecule has 4 nitrogen and oxygen atoms in total. The smallest absolute Gasteiger partial charge is 0.224 e. The summed E-state index contributed by atoms with van der Waals surface area (Å²) in [6.45, 7) is 5.77. The lowest BCUT2D eigenvalue weighted by atomic mass is 10.3. The molecular formula is C13H18ClN3OS. The number of nitrogens with one attached hydrogen (secondary N) is 1. The molecule has 2 aromatic rings. The van der Waals surface area contributed by atoms with Crippen LogP contribution in [0, 0.1) is 0 Å². The number of unbranched alkanes of at least 4 members (excludes halogenated alkanes) is 1. The van der Waals surface area contributed by atoms with E-state index in [1.165, 1.54) is 0 Å². The van der Waals surface area contributed by atoms with Crippen LogP contribution in [0.4, 0.5) is 5.82 Å². The van der Waals surface area contributed by atoms with E-state index < -0.39 is 0 Å². The van der Waals surface area contributed by atoms with Gasteiger partial charge in [0.05, 0.1) is 16.3 Å². The predicted molar refractivity (Wildman–Crippen MR) is 81.2 cm³/mol. The molecule has 0 unspecified atom stereocenters. The van der Waals surface area contributed by atoms with Crippen LogP contribution in [0.5, 0.6) is 0 Å². The summed E-state index contributed by atoms with van der Waals surface area (Å²) in [5, 5.41) is 5.61. The van der Waals surface area contributed by atoms with E-state index in [1.54, 1.807) is 11.3 Å². The molecule has 0 radical (unpaired) electrons. The fourth-order valence-corrected chi connectivity index (χ4v) is 2.68. The Labute approximate surface area is 122 Å². The maximum atomic E-state index is 5.90. The monoisotopic (exact) mass is 299 g/mol. The standard InChI is InChI=1S/C13H18ClN3OS/c1-9(2)18-7-4-3-6-15-12-11-10(5-8-19-11)16-13(14)17-12/h5,8-9H,3-4,6-7H2,1-2H3,(H,15,16,17). The van der Waals surface area contributed by atoms with Crippen LogP contribution < -0.4 is 5.32 Å². The summed E-state index contributed by atoms with van der Waals surface area (Å²) >= 11 is 7.52. The van der Waals surface area contributed by atoms with Gasteiger partial charge in [0.1, 0.15) is 5.82 Å². The predicted octanol–water partition coefficient (Wildman–Crippen LogP) is 3.96. The first-order chi connectivity index (χ1) is 9.16. The molecule has 0 aliphatic heterocycles. The van der Waals surface area contributed by atoms with Crippen LogP contribution in [-0.4, -0.2) is 29.2 Å². The minimum absolute atomic E-state index is 0.288. The second kappa shape index (κ2) is 7.03. The van der Waals surface area contributed by atoms with Gasteiger partial charge < -0.3 is 10.1 Å². The molecule has 0 aliphatic carbocycles. The van der Waals surface area contributed by atoms with Crippen LogP contribution in [0.3, 0.4) is 0 Å². The molecule has 2 aromatic heterocycles. The zero-order valence-corrected chi connectivity index (χ0v) is 12.7. The van der Waals surface area contributed by atoms with Crippen molar-refractivity contribution in [2.24, 2.45) is 0 Å². The highest BCUT2D eigenvalue weighted by Crippen LogP contribution is 2.27. The number of hydrogen-bond donors (Lipinski definition) is 1. The van der Waals surface area contributed by atoms with Crippen LogP contribution in [0.2, 0.25) is 5.28 Å². The van der Waals surface area contributed by atoms with Crippen LogP contribution in [0.15, 0.2) is 11.4 Å². The molecule has 0 atom stereocenters. The molecule has 0 fully saturated rings. The zero-order valence-electron chi connectivity index (χ0n) is 11.1. The van der Waals surface area contributed by atoms with Crippen molar-refractivity contribution in [1.82, 2.24) is 9.97 Å². The number of fused-ring (bicyclic) bond motifs is 1. The van der Waals surface area contributed by atoms with Gasteiger partial charge in [-0.3, -0.25) is 0 Å². The number of hydrogen-bond acceptors (Lipinski definition) is 5. The Morgan fingerprint density at radius 2 is 2.21 bits per heavy atom. The fourth-order valence-electron chi connectivity index (χ4n) is 1.71. The fraction of sp³-hybridized carbons (Fsp3) is 0.538. The van der Waals surface area contributed by atoms with Crippen LogP contribution >= 0.6 is 22.9 Å². The van der Waals surface area contributed by atoms with Gasteiger partial charge >= 0.3 is 0 Å². The number of aromatic nitrogens is 2. The van der Waals surface area contributed by atoms with Crippen molar-refractivity contribution < 1.29 is 4.74 Å². The Kier molecular flexibility index (Phi) is 5.36. The lowest BCUT2D eigenvalue weighted by molar-refractivity contribution is 0.0765. The topological polar surface area (TPSA) is 47.0 Å². The summed E-state index contributed by atoms with van der Waals surface area (Å²) in [5.41, 5.74) is 0.899. The Morgan fingerprint density at radius 1 is 1.37 bits per heavy atom. The summed E-state index contributed by atoms with van der Waals surface area (Å²) in [7, 11) is 0. The third-order valence-corrected chi connectivity index (χ3v) is 3.67. The second-order valence-electron chi connectivity index (χ2n) is 4.53. The molecule has 2 rings (SSSR count). The molecule has 0 aromatic carbocycles. The summed E-state index contributed by atoms with van der Waals surface area (Å²) in [5.74, 6) is 0.828. The van der Waals surface area contributed by atoms with Crippen molar-refractivity contribution in [1.29, 1.82) is 0 Å². The molecule has 0 saturated carbocycles. The van der Waals surface area contributed by atoms with E-state index in [1.807, 2.05) is 11.4 Å². The normalized spacial score (nSPS) is 11.4. The third-order valence-electron chi connectivity index (χ3n) is 2.59. The van der Waals surface area contributed by atoms with Gasteiger partial charge in [-0.1, -0.05) is 0 Å². The number of anilines is 1. The summed E-state index contributed by atoms with van der Waals surface area (Å²) in [6, 6.07) is 1.95. The maximum absolute atomic E-state index is 5.90. The lowest BCUT2D eigenvalue weighted by Crippen LogP contribution is -2.08. The Balaban J connectivity index is 1.83. The first-order valence-electron chi connectivity index (χ1n) is 6.43. The van der Waals surface area contributed by atoms with Crippen molar-refractivity contribution in [3.8, 4) is 0 Å². The van der Waals surface area contributed by atoms with E-state index >= 15 is 0 Å². The Morgan fingerprint density at radius 3 is 3.00 bits per heavy atom. The van der Waals surface area contributed by atoms with E-state index in [-0.39, 0.29) is 5.28 Å². The second-order valence-corrected chi connectivity index (χ2v) is 5.78. The molecule has 0 spiro atoms. The molecule has 0 saturated heterocycles. The number of nitrogens with zero attached hydrogens (tertiary/aromatic N) is 2. The molecule has 6 heteroatoms. The van der Waals surface area contributed by atoms with Gasteiger partial charge in [0.25, 0.3) is 0 Å². The van der Waals surface area contributed by atoms with E-state index in [0.29, 0.717) is 6.10 Å². The zero-order chi connectivity index (χ0) is 13.7. The minimum Gasteiger partial charge on any atom is -0.379 e. The van der Waals surface area contributed by atoms with Gasteiger partial charge in [-0.15, -0.1) is 11.3 Å². The van der Waals surface area contributed by atoms with Gasteiger partial charge in [-0.05, 0) is 49.7 Å². The van der Waals surface area contributed by atoms with Crippen LogP contribution in [-0.2, 0) is 4.74 Å². The van der Waals surface area contributed by atoms with Crippen LogP contribution in [0.25, 0.3) is 10.2 Å². The van der Waals surface area contributed by atoms with E-state index in [2.05, 4.69) is 29.1 Å². The SMILES string of the molecule is CC(C)OCCCCNc1nc(Cl)nc2ccsc12. The first kappa shape index (κ1) is 14.5. The van der Waals surface area contributed by atoms with Crippen LogP contribution in [0.1, 0.15) is 26.7 Å². The van der Waals surface area contributed by atoms with Gasteiger partial charge in [-0.25, -0.2) is 4.98 Å². The molecule has 0 amide bonds. The number of rotatable bonds is 7. The largest absolute Gasteiger partial charge is 0.379 e. The quantitative estimate of drug-likeness (QED) is 0.621. The summed E-state index contributed by atoms with van der Waals surface area (Å²) < 4.78 is 6.56. The Bertz CT molecular complexity index is 530. The van der Waals surface area contributed by atoms with E-state index in [4.69, 9.17) is 16.3 Å². The highest BCUT2D eigenvalue weighted by molar-refractivity contribution is 7.17. The third kappa shape index (κ3) is 4.30. The molecule has 104 valence electrons. The highest BCUT2D eigenvalue weighted by Gasteiger charge is 2.07. The summed E-state index contributed by atoms with van der Waals surface area (Å²) in [4.78, 5) is 8.42. The van der Waals surface area contributed by atoms with E-state index in [0.717, 1.165) is 42.0 Å². The molecule has 2 heterocycles. The molecule has 0 aliphatic rings.